The molecule has 4 heterocycles. The van der Waals surface area contributed by atoms with Gasteiger partial charge in [0.05, 0.1) is 18.6 Å². The lowest BCUT2D eigenvalue weighted by Gasteiger charge is -2.31. The fourth-order valence-corrected chi connectivity index (χ4v) is 3.41. The number of ether oxygens (including phenoxy) is 1. The summed E-state index contributed by atoms with van der Waals surface area (Å²) in [5.74, 6) is 1.71. The van der Waals surface area contributed by atoms with E-state index in [1.54, 1.807) is 6.33 Å². The third-order valence-electron chi connectivity index (χ3n) is 4.64. The normalized spacial score (nSPS) is 20.6. The summed E-state index contributed by atoms with van der Waals surface area (Å²) in [7, 11) is 0. The van der Waals surface area contributed by atoms with Gasteiger partial charge in [-0.05, 0) is 25.9 Å². The van der Waals surface area contributed by atoms with Crippen LogP contribution in [0.3, 0.4) is 0 Å². The first kappa shape index (κ1) is 13.0. The molecule has 1 fully saturated rings. The smallest absolute Gasteiger partial charge is 0.135 e. The van der Waals surface area contributed by atoms with Gasteiger partial charge in [0.25, 0.3) is 0 Å². The van der Waals surface area contributed by atoms with Crippen molar-refractivity contribution in [2.45, 2.75) is 38.5 Å². The molecule has 6 heteroatoms. The topological polar surface area (TPSA) is 59.0 Å². The lowest BCUT2D eigenvalue weighted by atomic mass is 9.94. The molecule has 0 bridgehead atoms. The fourth-order valence-electron chi connectivity index (χ4n) is 3.41. The van der Waals surface area contributed by atoms with Crippen LogP contribution in [-0.4, -0.2) is 44.1 Å². The summed E-state index contributed by atoms with van der Waals surface area (Å²) in [6.07, 6.45) is 8.17. The third kappa shape index (κ3) is 2.61. The molecule has 2 aromatic rings. The highest BCUT2D eigenvalue weighted by Gasteiger charge is 2.23. The molecule has 0 aliphatic carbocycles. The van der Waals surface area contributed by atoms with E-state index in [9.17, 15) is 0 Å². The van der Waals surface area contributed by atoms with Crippen molar-refractivity contribution in [1.29, 1.82) is 0 Å². The molecule has 0 aromatic carbocycles. The van der Waals surface area contributed by atoms with E-state index in [2.05, 4.69) is 24.4 Å². The van der Waals surface area contributed by atoms with Gasteiger partial charge in [-0.15, -0.1) is 0 Å². The van der Waals surface area contributed by atoms with Crippen LogP contribution in [0.15, 0.2) is 18.7 Å². The fraction of sp³-hybridized carbons (Fsp3) is 0.600. The number of likely N-dealkylation sites (tertiary alicyclic amines) is 1. The van der Waals surface area contributed by atoms with Crippen LogP contribution in [0.25, 0.3) is 0 Å². The zero-order chi connectivity index (χ0) is 14.1. The number of rotatable bonds is 3. The number of hydrogen-bond acceptors (Lipinski definition) is 4. The van der Waals surface area contributed by atoms with Crippen LogP contribution in [0.4, 0.5) is 0 Å². The van der Waals surface area contributed by atoms with Gasteiger partial charge in [-0.2, -0.15) is 0 Å². The number of piperidine rings is 1. The van der Waals surface area contributed by atoms with Crippen molar-refractivity contribution >= 4 is 0 Å². The van der Waals surface area contributed by atoms with Gasteiger partial charge in [-0.1, -0.05) is 0 Å². The maximum absolute atomic E-state index is 5.45. The summed E-state index contributed by atoms with van der Waals surface area (Å²) in [4.78, 5) is 14.4. The molecule has 4 rings (SSSR count). The van der Waals surface area contributed by atoms with Gasteiger partial charge in [-0.25, -0.2) is 9.97 Å². The number of imidazole rings is 2. The Hall–Kier alpha value is -1.66. The van der Waals surface area contributed by atoms with Crippen LogP contribution >= 0.6 is 0 Å². The number of fused-ring (bicyclic) bond motifs is 1. The Morgan fingerprint density at radius 3 is 2.95 bits per heavy atom. The predicted molar refractivity (Wildman–Crippen MR) is 77.7 cm³/mol. The first-order valence-electron chi connectivity index (χ1n) is 7.72. The average Bonchev–Trinajstić information content (AvgIpc) is 3.19. The molecule has 6 nitrogen and oxygen atoms in total. The molecule has 112 valence electrons. The van der Waals surface area contributed by atoms with Gasteiger partial charge in [0.1, 0.15) is 12.4 Å². The Kier molecular flexibility index (Phi) is 3.48. The summed E-state index contributed by atoms with van der Waals surface area (Å²) in [6, 6.07) is 0. The number of aromatic amines is 1. The Balaban J connectivity index is 1.38. The van der Waals surface area contributed by atoms with Gasteiger partial charge in [0.2, 0.25) is 0 Å². The van der Waals surface area contributed by atoms with Gasteiger partial charge < -0.3 is 14.3 Å². The number of aromatic nitrogens is 4. The number of nitrogens with one attached hydrogen (secondary N) is 1. The molecule has 0 radical (unpaired) electrons. The van der Waals surface area contributed by atoms with Crippen LogP contribution in [0, 0.1) is 0 Å². The maximum atomic E-state index is 5.45. The largest absolute Gasteiger partial charge is 0.372 e. The molecule has 1 saturated heterocycles. The van der Waals surface area contributed by atoms with Crippen LogP contribution in [0.2, 0.25) is 0 Å². The summed E-state index contributed by atoms with van der Waals surface area (Å²) in [5, 5.41) is 0. The van der Waals surface area contributed by atoms with Crippen molar-refractivity contribution in [3.05, 3.63) is 35.9 Å². The van der Waals surface area contributed by atoms with Gasteiger partial charge >= 0.3 is 0 Å². The minimum atomic E-state index is 0.636. The molecule has 0 saturated carbocycles. The van der Waals surface area contributed by atoms with Crippen LogP contribution in [-0.2, 0) is 24.4 Å². The zero-order valence-corrected chi connectivity index (χ0v) is 12.2. The molecule has 2 aliphatic rings. The second-order valence-corrected chi connectivity index (χ2v) is 5.93. The van der Waals surface area contributed by atoms with Crippen molar-refractivity contribution in [3.63, 3.8) is 0 Å². The molecule has 2 aromatic heterocycles. The van der Waals surface area contributed by atoms with E-state index in [1.165, 1.54) is 24.2 Å². The second-order valence-electron chi connectivity index (χ2n) is 5.93. The quantitative estimate of drug-likeness (QED) is 0.930. The standard InChI is InChI=1S/C15H21N5O/c1-3-19(4-2-12(1)14-8-16-11-18-14)9-13-7-17-15-10-21-6-5-20(13)15/h7-8,11-12H,1-6,9-10H2,(H,16,18). The lowest BCUT2D eigenvalue weighted by molar-refractivity contribution is 0.0792. The molecule has 0 spiro atoms. The molecular formula is C15H21N5O. The van der Waals surface area contributed by atoms with Gasteiger partial charge in [-0.3, -0.25) is 4.90 Å². The summed E-state index contributed by atoms with van der Waals surface area (Å²) in [6.45, 7) is 5.68. The highest BCUT2D eigenvalue weighted by atomic mass is 16.5. The van der Waals surface area contributed by atoms with Crippen LogP contribution in [0.5, 0.6) is 0 Å². The van der Waals surface area contributed by atoms with E-state index in [-0.39, 0.29) is 0 Å². The first-order valence-corrected chi connectivity index (χ1v) is 7.72. The predicted octanol–water partition coefficient (Wildman–Crippen LogP) is 1.52. The monoisotopic (exact) mass is 287 g/mol. The Bertz CT molecular complexity index is 583. The van der Waals surface area contributed by atoms with Crippen molar-refractivity contribution in [2.75, 3.05) is 19.7 Å². The minimum absolute atomic E-state index is 0.636. The van der Waals surface area contributed by atoms with Crippen molar-refractivity contribution in [1.82, 2.24) is 24.4 Å². The summed E-state index contributed by atoms with van der Waals surface area (Å²) < 4.78 is 7.77. The van der Waals surface area contributed by atoms with Crippen molar-refractivity contribution in [3.8, 4) is 0 Å². The highest BCUT2D eigenvalue weighted by molar-refractivity contribution is 5.08. The number of H-pyrrole nitrogens is 1. The molecule has 2 aliphatic heterocycles. The molecule has 1 N–H and O–H groups in total. The summed E-state index contributed by atoms with van der Waals surface area (Å²) >= 11 is 0. The third-order valence-corrected chi connectivity index (χ3v) is 4.64. The molecular weight excluding hydrogens is 266 g/mol. The van der Waals surface area contributed by atoms with Crippen LogP contribution in [0.1, 0.15) is 36.0 Å². The van der Waals surface area contributed by atoms with Crippen LogP contribution < -0.4 is 0 Å². The molecule has 0 unspecified atom stereocenters. The SMILES string of the molecule is c1ncc(C2CCN(Cc3cnc4n3CCOC4)CC2)[nH]1. The average molecular weight is 287 g/mol. The van der Waals surface area contributed by atoms with Crippen molar-refractivity contribution < 1.29 is 4.74 Å². The molecule has 21 heavy (non-hydrogen) atoms. The molecule has 0 atom stereocenters. The van der Waals surface area contributed by atoms with Crippen molar-refractivity contribution in [2.24, 2.45) is 0 Å². The number of hydrogen-bond donors (Lipinski definition) is 1. The minimum Gasteiger partial charge on any atom is -0.372 e. The summed E-state index contributed by atoms with van der Waals surface area (Å²) in [5.41, 5.74) is 2.61. The van der Waals surface area contributed by atoms with E-state index < -0.39 is 0 Å². The van der Waals surface area contributed by atoms with E-state index in [0.29, 0.717) is 12.5 Å². The Labute approximate surface area is 124 Å². The van der Waals surface area contributed by atoms with Gasteiger partial charge in [0, 0.05) is 37.1 Å². The second kappa shape index (κ2) is 5.61. The Morgan fingerprint density at radius 1 is 1.24 bits per heavy atom. The molecule has 0 amide bonds. The van der Waals surface area contributed by atoms with E-state index in [0.717, 1.165) is 38.6 Å². The zero-order valence-electron chi connectivity index (χ0n) is 12.2. The van der Waals surface area contributed by atoms with Gasteiger partial charge in [0.15, 0.2) is 0 Å². The maximum Gasteiger partial charge on any atom is 0.135 e. The Morgan fingerprint density at radius 2 is 2.14 bits per heavy atom. The highest BCUT2D eigenvalue weighted by Crippen LogP contribution is 2.27. The number of nitrogens with zero attached hydrogens (tertiary/aromatic N) is 4. The lowest BCUT2D eigenvalue weighted by Crippen LogP contribution is -2.33. The first-order chi connectivity index (χ1) is 10.4. The van der Waals surface area contributed by atoms with E-state index in [4.69, 9.17) is 4.74 Å². The van der Waals surface area contributed by atoms with E-state index in [1.807, 2.05) is 12.4 Å². The van der Waals surface area contributed by atoms with E-state index >= 15 is 0 Å².